The molecule has 136 valence electrons. The van der Waals surface area contributed by atoms with Gasteiger partial charge in [0, 0.05) is 36.8 Å². The van der Waals surface area contributed by atoms with Gasteiger partial charge >= 0.3 is 0 Å². The number of carbonyl (C=O) groups excluding carboxylic acids is 1. The molecule has 2 aliphatic rings. The van der Waals surface area contributed by atoms with E-state index in [1.807, 2.05) is 29.2 Å². The molecule has 1 aliphatic carbocycles. The molecule has 1 amide bonds. The predicted molar refractivity (Wildman–Crippen MR) is 108 cm³/mol. The topological polar surface area (TPSA) is 36.4 Å². The Morgan fingerprint density at radius 3 is 2.27 bits per heavy atom. The molecule has 0 bridgehead atoms. The van der Waals surface area contributed by atoms with Gasteiger partial charge in [0.15, 0.2) is 0 Å². The second-order valence-corrected chi connectivity index (χ2v) is 8.41. The molecule has 0 atom stereocenters. The van der Waals surface area contributed by atoms with Crippen molar-refractivity contribution in [3.8, 4) is 0 Å². The Kier molecular flexibility index (Phi) is 4.93. The SMILES string of the molecule is O=C(N1CCN(c2ccc(Cl)cn2)CC1)C1(c2ccc(Br)cc2)CCC1. The molecule has 2 aromatic rings. The van der Waals surface area contributed by atoms with Crippen LogP contribution in [0.15, 0.2) is 47.1 Å². The Labute approximate surface area is 167 Å². The molecule has 1 saturated carbocycles. The summed E-state index contributed by atoms with van der Waals surface area (Å²) in [5.74, 6) is 1.21. The monoisotopic (exact) mass is 433 g/mol. The summed E-state index contributed by atoms with van der Waals surface area (Å²) in [4.78, 5) is 22.0. The number of carbonyl (C=O) groups is 1. The lowest BCUT2D eigenvalue weighted by atomic mass is 9.63. The number of nitrogens with zero attached hydrogens (tertiary/aromatic N) is 3. The third kappa shape index (κ3) is 3.23. The highest BCUT2D eigenvalue weighted by Crippen LogP contribution is 2.45. The van der Waals surface area contributed by atoms with Gasteiger partial charge in [0.05, 0.1) is 10.4 Å². The molecule has 0 N–H and O–H groups in total. The quantitative estimate of drug-likeness (QED) is 0.724. The average molecular weight is 435 g/mol. The van der Waals surface area contributed by atoms with Crippen LogP contribution < -0.4 is 4.90 Å². The molecule has 26 heavy (non-hydrogen) atoms. The molecular weight excluding hydrogens is 414 g/mol. The third-order valence-corrected chi connectivity index (χ3v) is 6.37. The molecule has 6 heteroatoms. The van der Waals surface area contributed by atoms with E-state index in [4.69, 9.17) is 11.6 Å². The Hall–Kier alpha value is -1.59. The minimum absolute atomic E-state index is 0.287. The summed E-state index contributed by atoms with van der Waals surface area (Å²) < 4.78 is 1.05. The summed E-state index contributed by atoms with van der Waals surface area (Å²) in [6, 6.07) is 12.1. The molecule has 1 saturated heterocycles. The maximum atomic E-state index is 13.3. The Morgan fingerprint density at radius 2 is 1.73 bits per heavy atom. The number of amides is 1. The van der Waals surface area contributed by atoms with Gasteiger partial charge in [-0.15, -0.1) is 0 Å². The standard InChI is InChI=1S/C20H21BrClN3O/c21-16-4-2-15(3-5-16)20(8-1-9-20)19(26)25-12-10-24(11-13-25)18-7-6-17(22)14-23-18/h2-7,14H,1,8-13H2. The number of pyridine rings is 1. The molecule has 1 aromatic heterocycles. The zero-order valence-corrected chi connectivity index (χ0v) is 16.8. The van der Waals surface area contributed by atoms with Crippen molar-refractivity contribution in [1.82, 2.24) is 9.88 Å². The minimum Gasteiger partial charge on any atom is -0.353 e. The van der Waals surface area contributed by atoms with Crippen LogP contribution in [-0.4, -0.2) is 42.0 Å². The summed E-state index contributed by atoms with van der Waals surface area (Å²) >= 11 is 9.40. The molecule has 0 unspecified atom stereocenters. The Bertz CT molecular complexity index is 782. The average Bonchev–Trinajstić information content (AvgIpc) is 2.63. The van der Waals surface area contributed by atoms with Crippen LogP contribution >= 0.6 is 27.5 Å². The maximum Gasteiger partial charge on any atom is 0.233 e. The lowest BCUT2D eigenvalue weighted by Crippen LogP contribution is -2.56. The smallest absolute Gasteiger partial charge is 0.233 e. The molecule has 4 rings (SSSR count). The van der Waals surface area contributed by atoms with Crippen molar-refractivity contribution in [2.24, 2.45) is 0 Å². The van der Waals surface area contributed by atoms with Crippen LogP contribution in [0.25, 0.3) is 0 Å². The van der Waals surface area contributed by atoms with E-state index in [9.17, 15) is 4.79 Å². The summed E-state index contributed by atoms with van der Waals surface area (Å²) in [5.41, 5.74) is 0.834. The molecule has 0 spiro atoms. The maximum absolute atomic E-state index is 13.3. The van der Waals surface area contributed by atoms with E-state index >= 15 is 0 Å². The van der Waals surface area contributed by atoms with Crippen LogP contribution in [0.2, 0.25) is 5.02 Å². The van der Waals surface area contributed by atoms with Gasteiger partial charge in [-0.05, 0) is 42.7 Å². The van der Waals surface area contributed by atoms with Gasteiger partial charge in [-0.2, -0.15) is 0 Å². The number of benzene rings is 1. The van der Waals surface area contributed by atoms with Gasteiger partial charge in [0.1, 0.15) is 5.82 Å². The van der Waals surface area contributed by atoms with Crippen molar-refractivity contribution in [2.75, 3.05) is 31.1 Å². The fourth-order valence-electron chi connectivity index (χ4n) is 3.92. The Morgan fingerprint density at radius 1 is 1.04 bits per heavy atom. The lowest BCUT2D eigenvalue weighted by Gasteiger charge is -2.46. The first-order valence-corrected chi connectivity index (χ1v) is 10.2. The van der Waals surface area contributed by atoms with Crippen molar-refractivity contribution < 1.29 is 4.79 Å². The summed E-state index contributed by atoms with van der Waals surface area (Å²) in [6.07, 6.45) is 4.70. The second-order valence-electron chi connectivity index (χ2n) is 7.06. The van der Waals surface area contributed by atoms with Gasteiger partial charge in [-0.1, -0.05) is 46.1 Å². The van der Waals surface area contributed by atoms with Gasteiger partial charge in [0.25, 0.3) is 0 Å². The second kappa shape index (κ2) is 7.20. The number of anilines is 1. The summed E-state index contributed by atoms with van der Waals surface area (Å²) in [5, 5.41) is 0.643. The predicted octanol–water partition coefficient (Wildman–Crippen LogP) is 4.27. The Balaban J connectivity index is 1.45. The molecule has 1 aromatic carbocycles. The van der Waals surface area contributed by atoms with Gasteiger partial charge < -0.3 is 9.80 Å². The van der Waals surface area contributed by atoms with Crippen LogP contribution in [0.3, 0.4) is 0 Å². The number of hydrogen-bond acceptors (Lipinski definition) is 3. The van der Waals surface area contributed by atoms with E-state index in [1.54, 1.807) is 6.20 Å². The van der Waals surface area contributed by atoms with Crippen molar-refractivity contribution in [2.45, 2.75) is 24.7 Å². The van der Waals surface area contributed by atoms with Gasteiger partial charge in [-0.25, -0.2) is 4.98 Å². The fourth-order valence-corrected chi connectivity index (χ4v) is 4.30. The van der Waals surface area contributed by atoms with Crippen molar-refractivity contribution >= 4 is 39.3 Å². The zero-order chi connectivity index (χ0) is 18.1. The van der Waals surface area contributed by atoms with Crippen molar-refractivity contribution in [3.05, 3.63) is 57.7 Å². The normalized spacial score (nSPS) is 19.2. The highest BCUT2D eigenvalue weighted by atomic mass is 79.9. The summed E-state index contributed by atoms with van der Waals surface area (Å²) in [7, 11) is 0. The van der Waals surface area contributed by atoms with Crippen LogP contribution in [0, 0.1) is 0 Å². The van der Waals surface area contributed by atoms with Gasteiger partial charge in [0.2, 0.25) is 5.91 Å². The molecule has 0 radical (unpaired) electrons. The lowest BCUT2D eigenvalue weighted by molar-refractivity contribution is -0.141. The number of hydrogen-bond donors (Lipinski definition) is 0. The molecule has 2 fully saturated rings. The van der Waals surface area contributed by atoms with Crippen LogP contribution in [-0.2, 0) is 10.2 Å². The highest BCUT2D eigenvalue weighted by molar-refractivity contribution is 9.10. The number of rotatable bonds is 3. The van der Waals surface area contributed by atoms with Crippen molar-refractivity contribution in [3.63, 3.8) is 0 Å². The summed E-state index contributed by atoms with van der Waals surface area (Å²) in [6.45, 7) is 3.08. The number of halogens is 2. The molecule has 2 heterocycles. The number of aromatic nitrogens is 1. The van der Waals surface area contributed by atoms with E-state index in [2.05, 4.69) is 37.9 Å². The van der Waals surface area contributed by atoms with Crippen LogP contribution in [0.4, 0.5) is 5.82 Å². The minimum atomic E-state index is -0.318. The first-order chi connectivity index (χ1) is 12.6. The van der Waals surface area contributed by atoms with Crippen molar-refractivity contribution in [1.29, 1.82) is 0 Å². The first kappa shape index (κ1) is 17.8. The first-order valence-electron chi connectivity index (χ1n) is 9.00. The molecule has 1 aliphatic heterocycles. The van der Waals surface area contributed by atoms with Gasteiger partial charge in [-0.3, -0.25) is 4.79 Å². The van der Waals surface area contributed by atoms with E-state index in [0.29, 0.717) is 5.02 Å². The van der Waals surface area contributed by atoms with E-state index < -0.39 is 0 Å². The van der Waals surface area contributed by atoms with E-state index in [-0.39, 0.29) is 11.3 Å². The largest absolute Gasteiger partial charge is 0.353 e. The van der Waals surface area contributed by atoms with E-state index in [1.165, 1.54) is 0 Å². The molecule has 4 nitrogen and oxygen atoms in total. The fraction of sp³-hybridized carbons (Fsp3) is 0.400. The third-order valence-electron chi connectivity index (χ3n) is 5.62. The molecular formula is C20H21BrClN3O. The van der Waals surface area contributed by atoms with E-state index in [0.717, 1.165) is 61.3 Å². The zero-order valence-electron chi connectivity index (χ0n) is 14.5. The highest BCUT2D eigenvalue weighted by Gasteiger charge is 2.47. The van der Waals surface area contributed by atoms with Crippen LogP contribution in [0.5, 0.6) is 0 Å². The number of piperazine rings is 1. The van der Waals surface area contributed by atoms with Crippen LogP contribution in [0.1, 0.15) is 24.8 Å².